The van der Waals surface area contributed by atoms with Crippen molar-refractivity contribution in [2.45, 2.75) is 65.0 Å². The van der Waals surface area contributed by atoms with Gasteiger partial charge >= 0.3 is 17.9 Å². The molecule has 4 N–H and O–H groups in total. The zero-order chi connectivity index (χ0) is 23.6. The highest BCUT2D eigenvalue weighted by atomic mass is 16.6. The van der Waals surface area contributed by atoms with E-state index in [4.69, 9.17) is 25.7 Å². The summed E-state index contributed by atoms with van der Waals surface area (Å²) in [6.45, 7) is 6.80. The Bertz CT molecular complexity index is 737. The first kappa shape index (κ1) is 26.3. The first-order valence-corrected chi connectivity index (χ1v) is 10.1. The highest BCUT2D eigenvalue weighted by Crippen LogP contribution is 2.14. The molecule has 0 spiro atoms. The van der Waals surface area contributed by atoms with Crippen LogP contribution in [0.15, 0.2) is 30.3 Å². The van der Waals surface area contributed by atoms with Gasteiger partial charge in [0.25, 0.3) is 0 Å². The molecule has 9 nitrogen and oxygen atoms in total. The van der Waals surface area contributed by atoms with Crippen molar-refractivity contribution in [3.05, 3.63) is 35.9 Å². The molecule has 1 rings (SSSR count). The molecule has 4 atom stereocenters. The van der Waals surface area contributed by atoms with Crippen molar-refractivity contribution in [2.24, 2.45) is 23.3 Å². The molecule has 0 aliphatic carbocycles. The van der Waals surface area contributed by atoms with Crippen molar-refractivity contribution in [2.75, 3.05) is 0 Å². The van der Waals surface area contributed by atoms with Gasteiger partial charge in [0.05, 0.1) is 6.42 Å². The predicted molar refractivity (Wildman–Crippen MR) is 112 cm³/mol. The first-order chi connectivity index (χ1) is 14.6. The van der Waals surface area contributed by atoms with E-state index < -0.39 is 48.6 Å². The molecule has 0 aromatic heterocycles. The largest absolute Gasteiger partial charge is 0.461 e. The molecule has 0 fully saturated rings. The summed E-state index contributed by atoms with van der Waals surface area (Å²) >= 11 is 0. The van der Waals surface area contributed by atoms with E-state index in [1.54, 1.807) is 52.0 Å². The highest BCUT2D eigenvalue weighted by Gasteiger charge is 2.35. The topological polar surface area (TPSA) is 148 Å². The minimum atomic E-state index is -1.66. The monoisotopic (exact) mass is 435 g/mol. The lowest BCUT2D eigenvalue weighted by atomic mass is 10.0. The number of nitrogens with two attached hydrogens (primary N) is 2. The lowest BCUT2D eigenvalue weighted by Gasteiger charge is -2.26. The molecule has 9 heteroatoms. The van der Waals surface area contributed by atoms with Crippen molar-refractivity contribution in [3.63, 3.8) is 0 Å². The van der Waals surface area contributed by atoms with Gasteiger partial charge in [-0.25, -0.2) is 0 Å². The van der Waals surface area contributed by atoms with Crippen LogP contribution in [0.2, 0.25) is 0 Å². The van der Waals surface area contributed by atoms with Crippen LogP contribution in [0.4, 0.5) is 0 Å². The number of esters is 3. The third-order valence-corrected chi connectivity index (χ3v) is 4.56. The molecule has 1 radical (unpaired) electrons. The van der Waals surface area contributed by atoms with Gasteiger partial charge in [0.2, 0.25) is 12.4 Å². The Morgan fingerprint density at radius 1 is 0.903 bits per heavy atom. The third kappa shape index (κ3) is 8.85. The summed E-state index contributed by atoms with van der Waals surface area (Å²) < 4.78 is 15.5. The number of carbonyl (C=O) groups is 3. The SMILES string of the molecule is CC(C)[C@H](N)C(=O)OC([C]=O)C(CC(=O)OCc1ccccc1)OC(=O)[C@@H](N)C(C)C. The second-order valence-electron chi connectivity index (χ2n) is 7.84. The van der Waals surface area contributed by atoms with Crippen LogP contribution < -0.4 is 11.5 Å². The fraction of sp³-hybridized carbons (Fsp3) is 0.545. The molecular weight excluding hydrogens is 404 g/mol. The van der Waals surface area contributed by atoms with Gasteiger partial charge in [0, 0.05) is 0 Å². The number of rotatable bonds is 12. The standard InChI is InChI=1S/C22H31N2O7/c1-13(2)19(23)21(27)30-16(17(11-25)31-22(28)20(24)14(3)4)10-18(26)29-12-15-8-6-5-7-9-15/h5-9,13-14,16-17,19-20H,10,12,23-24H2,1-4H3/t16?,17?,19-,20-/m0/s1. The molecule has 0 bridgehead atoms. The van der Waals surface area contributed by atoms with Crippen molar-refractivity contribution in [1.29, 1.82) is 0 Å². The van der Waals surface area contributed by atoms with E-state index in [1.165, 1.54) is 6.29 Å². The van der Waals surface area contributed by atoms with Gasteiger partial charge in [-0.2, -0.15) is 0 Å². The van der Waals surface area contributed by atoms with Crippen molar-refractivity contribution < 1.29 is 33.4 Å². The maximum absolute atomic E-state index is 12.3. The normalized spacial score (nSPS) is 15.0. The van der Waals surface area contributed by atoms with Gasteiger partial charge in [-0.15, -0.1) is 0 Å². The highest BCUT2D eigenvalue weighted by molar-refractivity contribution is 5.80. The van der Waals surface area contributed by atoms with E-state index >= 15 is 0 Å². The lowest BCUT2D eigenvalue weighted by Crippen LogP contribution is -2.46. The fourth-order valence-electron chi connectivity index (χ4n) is 2.32. The average Bonchev–Trinajstić information content (AvgIpc) is 2.74. The zero-order valence-electron chi connectivity index (χ0n) is 18.3. The summed E-state index contributed by atoms with van der Waals surface area (Å²) in [6, 6.07) is 6.93. The van der Waals surface area contributed by atoms with Crippen LogP contribution in [-0.4, -0.2) is 48.5 Å². The Balaban J connectivity index is 2.92. The molecule has 31 heavy (non-hydrogen) atoms. The van der Waals surface area contributed by atoms with Crippen LogP contribution in [0.1, 0.15) is 39.7 Å². The van der Waals surface area contributed by atoms with Crippen LogP contribution in [0.25, 0.3) is 0 Å². The molecule has 1 aromatic rings. The number of benzene rings is 1. The minimum absolute atomic E-state index is 0.0146. The van der Waals surface area contributed by atoms with E-state index in [9.17, 15) is 19.2 Å². The fourth-order valence-corrected chi connectivity index (χ4v) is 2.32. The molecule has 171 valence electrons. The molecule has 0 amide bonds. The summed E-state index contributed by atoms with van der Waals surface area (Å²) in [5.41, 5.74) is 12.3. The van der Waals surface area contributed by atoms with Gasteiger partial charge in [0.15, 0.2) is 6.10 Å². The molecule has 0 heterocycles. The number of hydrogen-bond donors (Lipinski definition) is 2. The van der Waals surface area contributed by atoms with Crippen molar-refractivity contribution in [3.8, 4) is 0 Å². The second kappa shape index (κ2) is 12.8. The van der Waals surface area contributed by atoms with Crippen LogP contribution >= 0.6 is 0 Å². The van der Waals surface area contributed by atoms with Crippen LogP contribution in [0.3, 0.4) is 0 Å². The lowest BCUT2D eigenvalue weighted by molar-refractivity contribution is -0.170. The average molecular weight is 435 g/mol. The van der Waals surface area contributed by atoms with E-state index in [-0.39, 0.29) is 18.4 Å². The molecule has 2 unspecified atom stereocenters. The second-order valence-corrected chi connectivity index (χ2v) is 7.84. The number of carbonyl (C=O) groups excluding carboxylic acids is 4. The number of hydrogen-bond acceptors (Lipinski definition) is 9. The molecule has 1 aromatic carbocycles. The van der Waals surface area contributed by atoms with Crippen LogP contribution in [-0.2, 0) is 40.0 Å². The van der Waals surface area contributed by atoms with Crippen LogP contribution in [0.5, 0.6) is 0 Å². The van der Waals surface area contributed by atoms with Gasteiger partial charge in [0.1, 0.15) is 18.7 Å². The van der Waals surface area contributed by atoms with Gasteiger partial charge in [-0.05, 0) is 17.4 Å². The van der Waals surface area contributed by atoms with Gasteiger partial charge < -0.3 is 25.7 Å². The molecular formula is C22H31N2O7. The molecule has 0 aliphatic rings. The Kier molecular flexibility index (Phi) is 10.8. The maximum atomic E-state index is 12.3. The minimum Gasteiger partial charge on any atom is -0.461 e. The van der Waals surface area contributed by atoms with E-state index in [1.807, 2.05) is 6.07 Å². The Labute approximate surface area is 182 Å². The summed E-state index contributed by atoms with van der Waals surface area (Å²) in [5.74, 6) is -3.00. The quantitative estimate of drug-likeness (QED) is 0.362. The molecule has 0 saturated carbocycles. The summed E-state index contributed by atoms with van der Waals surface area (Å²) in [4.78, 5) is 48.3. The summed E-state index contributed by atoms with van der Waals surface area (Å²) in [7, 11) is 0. The zero-order valence-corrected chi connectivity index (χ0v) is 18.3. The Morgan fingerprint density at radius 3 is 1.90 bits per heavy atom. The third-order valence-electron chi connectivity index (χ3n) is 4.56. The molecule has 0 aliphatic heterocycles. The number of ether oxygens (including phenoxy) is 3. The Morgan fingerprint density at radius 2 is 1.42 bits per heavy atom. The summed E-state index contributed by atoms with van der Waals surface area (Å²) in [6.07, 6.45) is -2.15. The smallest absolute Gasteiger partial charge is 0.324 e. The van der Waals surface area contributed by atoms with Gasteiger partial charge in [-0.1, -0.05) is 58.0 Å². The van der Waals surface area contributed by atoms with Crippen molar-refractivity contribution in [1.82, 2.24) is 0 Å². The van der Waals surface area contributed by atoms with Gasteiger partial charge in [-0.3, -0.25) is 19.2 Å². The summed E-state index contributed by atoms with van der Waals surface area (Å²) in [5, 5.41) is 0. The molecule has 0 saturated heterocycles. The Hall–Kier alpha value is -2.78. The predicted octanol–water partition coefficient (Wildman–Crippen LogP) is 1.02. The van der Waals surface area contributed by atoms with Crippen LogP contribution in [0, 0.1) is 11.8 Å². The van der Waals surface area contributed by atoms with Crippen molar-refractivity contribution >= 4 is 24.2 Å². The van der Waals surface area contributed by atoms with E-state index in [0.717, 1.165) is 5.56 Å². The van der Waals surface area contributed by atoms with E-state index in [0.29, 0.717) is 0 Å². The van der Waals surface area contributed by atoms with E-state index in [2.05, 4.69) is 0 Å². The first-order valence-electron chi connectivity index (χ1n) is 10.1. The maximum Gasteiger partial charge on any atom is 0.324 e.